The van der Waals surface area contributed by atoms with Crippen molar-refractivity contribution in [3.05, 3.63) is 76.8 Å². The first kappa shape index (κ1) is 20.1. The van der Waals surface area contributed by atoms with Gasteiger partial charge in [-0.3, -0.25) is 14.5 Å². The number of halogens is 1. The molecule has 5 nitrogen and oxygen atoms in total. The zero-order valence-electron chi connectivity index (χ0n) is 15.7. The molecule has 0 saturated carbocycles. The largest absolute Gasteiger partial charge is 0.344 e. The van der Waals surface area contributed by atoms with Crippen LogP contribution in [0.25, 0.3) is 6.08 Å². The Labute approximate surface area is 170 Å². The Bertz CT molecular complexity index is 831. The third-order valence-corrected chi connectivity index (χ3v) is 5.09. The predicted octanol–water partition coefficient (Wildman–Crippen LogP) is 2.81. The summed E-state index contributed by atoms with van der Waals surface area (Å²) in [5, 5.41) is 3.24. The maximum absolute atomic E-state index is 12.4. The van der Waals surface area contributed by atoms with Crippen molar-refractivity contribution >= 4 is 29.5 Å². The zero-order chi connectivity index (χ0) is 19.8. The molecule has 1 heterocycles. The maximum atomic E-state index is 12.4. The van der Waals surface area contributed by atoms with Crippen LogP contribution in [0.2, 0.25) is 5.02 Å². The van der Waals surface area contributed by atoms with Gasteiger partial charge in [0.1, 0.15) is 0 Å². The van der Waals surface area contributed by atoms with Gasteiger partial charge in [-0.05, 0) is 17.2 Å². The first-order valence-corrected chi connectivity index (χ1v) is 9.76. The van der Waals surface area contributed by atoms with Gasteiger partial charge in [0.15, 0.2) is 0 Å². The molecule has 6 heteroatoms. The summed E-state index contributed by atoms with van der Waals surface area (Å²) in [6.45, 7) is 3.69. The van der Waals surface area contributed by atoms with Crippen molar-refractivity contribution in [3.63, 3.8) is 0 Å². The van der Waals surface area contributed by atoms with Crippen LogP contribution in [0.4, 0.5) is 0 Å². The van der Waals surface area contributed by atoms with E-state index in [9.17, 15) is 9.59 Å². The highest BCUT2D eigenvalue weighted by atomic mass is 35.5. The van der Waals surface area contributed by atoms with E-state index in [0.29, 0.717) is 18.1 Å². The Morgan fingerprint density at radius 3 is 2.36 bits per heavy atom. The summed E-state index contributed by atoms with van der Waals surface area (Å²) in [7, 11) is 0. The molecule has 1 fully saturated rings. The number of carbonyl (C=O) groups excluding carboxylic acids is 2. The van der Waals surface area contributed by atoms with Crippen LogP contribution in [0.15, 0.2) is 60.7 Å². The van der Waals surface area contributed by atoms with Crippen molar-refractivity contribution in [3.8, 4) is 0 Å². The summed E-state index contributed by atoms with van der Waals surface area (Å²) in [5.41, 5.74) is 1.96. The second kappa shape index (κ2) is 10.1. The van der Waals surface area contributed by atoms with Gasteiger partial charge in [0.2, 0.25) is 0 Å². The molecule has 0 aliphatic carbocycles. The molecule has 2 aromatic rings. The molecule has 146 valence electrons. The first-order chi connectivity index (χ1) is 13.6. The van der Waals surface area contributed by atoms with Crippen LogP contribution in [0, 0.1) is 0 Å². The third-order valence-electron chi connectivity index (χ3n) is 4.72. The van der Waals surface area contributed by atoms with Crippen LogP contribution in [0.5, 0.6) is 0 Å². The van der Waals surface area contributed by atoms with Gasteiger partial charge in [0.25, 0.3) is 0 Å². The normalized spacial score (nSPS) is 15.0. The topological polar surface area (TPSA) is 52.7 Å². The Balaban J connectivity index is 1.41. The molecule has 1 N–H and O–H groups in total. The highest BCUT2D eigenvalue weighted by molar-refractivity contribution is 6.35. The minimum atomic E-state index is -0.586. The van der Waals surface area contributed by atoms with Crippen LogP contribution in [-0.2, 0) is 16.1 Å². The van der Waals surface area contributed by atoms with Gasteiger partial charge in [-0.1, -0.05) is 72.3 Å². The number of benzene rings is 2. The second-order valence-electron chi connectivity index (χ2n) is 6.68. The maximum Gasteiger partial charge on any atom is 0.311 e. The summed E-state index contributed by atoms with van der Waals surface area (Å²) in [6, 6.07) is 17.4. The molecule has 0 unspecified atom stereocenters. The van der Waals surface area contributed by atoms with Gasteiger partial charge in [-0.15, -0.1) is 0 Å². The summed E-state index contributed by atoms with van der Waals surface area (Å²) >= 11 is 6.08. The molecule has 2 amide bonds. The van der Waals surface area contributed by atoms with E-state index in [-0.39, 0.29) is 6.54 Å². The number of hydrogen-bond acceptors (Lipinski definition) is 3. The van der Waals surface area contributed by atoms with E-state index in [1.165, 1.54) is 5.56 Å². The van der Waals surface area contributed by atoms with E-state index in [1.807, 2.05) is 36.4 Å². The Hall–Kier alpha value is -2.63. The minimum absolute atomic E-state index is 0.245. The smallest absolute Gasteiger partial charge is 0.311 e. The lowest BCUT2D eigenvalue weighted by molar-refractivity contribution is -0.147. The van der Waals surface area contributed by atoms with Crippen molar-refractivity contribution in [2.45, 2.75) is 6.54 Å². The monoisotopic (exact) mass is 397 g/mol. The summed E-state index contributed by atoms with van der Waals surface area (Å²) in [6.07, 6.45) is 4.23. The summed E-state index contributed by atoms with van der Waals surface area (Å²) < 4.78 is 0. The van der Waals surface area contributed by atoms with Crippen LogP contribution in [0.3, 0.4) is 0 Å². The minimum Gasteiger partial charge on any atom is -0.344 e. The molecule has 0 radical (unpaired) electrons. The highest BCUT2D eigenvalue weighted by Gasteiger charge is 2.25. The van der Waals surface area contributed by atoms with Gasteiger partial charge in [0, 0.05) is 44.3 Å². The van der Waals surface area contributed by atoms with Gasteiger partial charge in [-0.25, -0.2) is 0 Å². The fraction of sp³-hybridized carbons (Fsp3) is 0.273. The van der Waals surface area contributed by atoms with Gasteiger partial charge < -0.3 is 10.2 Å². The molecule has 28 heavy (non-hydrogen) atoms. The average molecular weight is 398 g/mol. The number of carbonyl (C=O) groups is 2. The molecule has 3 rings (SSSR count). The van der Waals surface area contributed by atoms with Crippen LogP contribution >= 0.6 is 11.6 Å². The van der Waals surface area contributed by atoms with E-state index in [1.54, 1.807) is 11.0 Å². The highest BCUT2D eigenvalue weighted by Crippen LogP contribution is 2.14. The van der Waals surface area contributed by atoms with E-state index >= 15 is 0 Å². The van der Waals surface area contributed by atoms with Crippen molar-refractivity contribution in [1.82, 2.24) is 15.1 Å². The van der Waals surface area contributed by atoms with Crippen molar-refractivity contribution in [1.29, 1.82) is 0 Å². The van der Waals surface area contributed by atoms with Gasteiger partial charge in [0.05, 0.1) is 0 Å². The quantitative estimate of drug-likeness (QED) is 0.789. The molecule has 0 atom stereocenters. The average Bonchev–Trinajstić information content (AvgIpc) is 2.74. The molecular weight excluding hydrogens is 374 g/mol. The van der Waals surface area contributed by atoms with Crippen LogP contribution in [-0.4, -0.2) is 54.3 Å². The van der Waals surface area contributed by atoms with Crippen molar-refractivity contribution in [2.24, 2.45) is 0 Å². The van der Waals surface area contributed by atoms with E-state index in [0.717, 1.165) is 25.2 Å². The van der Waals surface area contributed by atoms with Gasteiger partial charge >= 0.3 is 11.8 Å². The lowest BCUT2D eigenvalue weighted by Crippen LogP contribution is -2.52. The number of hydrogen-bond donors (Lipinski definition) is 1. The Kier molecular flexibility index (Phi) is 7.23. The fourth-order valence-electron chi connectivity index (χ4n) is 3.07. The number of nitrogens with zero attached hydrogens (tertiary/aromatic N) is 2. The SMILES string of the molecule is O=C(NCc1ccccc1Cl)C(=O)N1CCN(C/C=C/c2ccccc2)CC1. The van der Waals surface area contributed by atoms with Crippen molar-refractivity contribution < 1.29 is 9.59 Å². The molecule has 0 bridgehead atoms. The lowest BCUT2D eigenvalue weighted by Gasteiger charge is -2.33. The molecule has 2 aromatic carbocycles. The first-order valence-electron chi connectivity index (χ1n) is 9.38. The van der Waals surface area contributed by atoms with Gasteiger partial charge in [-0.2, -0.15) is 0 Å². The van der Waals surface area contributed by atoms with Crippen molar-refractivity contribution in [2.75, 3.05) is 32.7 Å². The molecule has 0 spiro atoms. The number of nitrogens with one attached hydrogen (secondary N) is 1. The summed E-state index contributed by atoms with van der Waals surface area (Å²) in [5.74, 6) is -1.07. The molecule has 0 aromatic heterocycles. The summed E-state index contributed by atoms with van der Waals surface area (Å²) in [4.78, 5) is 28.4. The van der Waals surface area contributed by atoms with E-state index in [4.69, 9.17) is 11.6 Å². The van der Waals surface area contributed by atoms with E-state index < -0.39 is 11.8 Å². The second-order valence-corrected chi connectivity index (χ2v) is 7.09. The van der Waals surface area contributed by atoms with Crippen LogP contribution in [0.1, 0.15) is 11.1 Å². The molecule has 1 aliphatic rings. The molecule has 1 saturated heterocycles. The van der Waals surface area contributed by atoms with Crippen LogP contribution < -0.4 is 5.32 Å². The number of piperazine rings is 1. The number of rotatable bonds is 5. The fourth-order valence-corrected chi connectivity index (χ4v) is 3.27. The number of amides is 2. The molecule has 1 aliphatic heterocycles. The third kappa shape index (κ3) is 5.68. The lowest BCUT2D eigenvalue weighted by atomic mass is 10.2. The standard InChI is InChI=1S/C22H24ClN3O2/c23-20-11-5-4-10-19(20)17-24-21(27)22(28)26-15-13-25(14-16-26)12-6-9-18-7-2-1-3-8-18/h1-11H,12-17H2,(H,24,27)/b9-6+. The predicted molar refractivity (Wildman–Crippen MR) is 112 cm³/mol. The zero-order valence-corrected chi connectivity index (χ0v) is 16.4. The molecular formula is C22H24ClN3O2. The Morgan fingerprint density at radius 1 is 0.964 bits per heavy atom. The Morgan fingerprint density at radius 2 is 1.64 bits per heavy atom. The van der Waals surface area contributed by atoms with E-state index in [2.05, 4.69) is 34.5 Å².